The molecule has 12 aliphatic rings. The number of carbonyl (C=O) groups excluding carboxylic acids is 6. The Morgan fingerprint density at radius 2 is 0.528 bits per heavy atom. The molecule has 1 aromatic carbocycles. The van der Waals surface area contributed by atoms with Crippen molar-refractivity contribution in [3.63, 3.8) is 0 Å². The third-order valence-electron chi connectivity index (χ3n) is 20.2. The van der Waals surface area contributed by atoms with Gasteiger partial charge in [0, 0.05) is 39.3 Å². The van der Waals surface area contributed by atoms with Crippen LogP contribution in [0.4, 0.5) is 0 Å². The summed E-state index contributed by atoms with van der Waals surface area (Å²) in [5.74, 6) is 6.42. The predicted octanol–water partition coefficient (Wildman–Crippen LogP) is 8.17. The molecule has 6 N–H and O–H groups in total. The maximum absolute atomic E-state index is 12.8. The van der Waals surface area contributed by atoms with Crippen molar-refractivity contribution in [2.45, 2.75) is 193 Å². The van der Waals surface area contributed by atoms with Crippen LogP contribution in [0.1, 0.15) is 190 Å². The topological polar surface area (TPSA) is 175 Å². The number of aryl methyl sites for hydroxylation is 3. The minimum atomic E-state index is -0.207. The van der Waals surface area contributed by atoms with Gasteiger partial charge in [-0.1, -0.05) is 18.2 Å². The quantitative estimate of drug-likeness (QED) is 0.0383. The molecule has 0 aromatic heterocycles. The van der Waals surface area contributed by atoms with Crippen molar-refractivity contribution in [1.29, 1.82) is 0 Å². The highest BCUT2D eigenvalue weighted by molar-refractivity contribution is 5.98. The summed E-state index contributed by atoms with van der Waals surface area (Å²) in [4.78, 5) is 76.7. The van der Waals surface area contributed by atoms with E-state index >= 15 is 0 Å². The Hall–Kier alpha value is -3.96. The molecule has 0 saturated heterocycles. The lowest BCUT2D eigenvalue weighted by Gasteiger charge is -2.56. The zero-order chi connectivity index (χ0) is 49.7. The molecule has 0 unspecified atom stereocenters. The molecule has 72 heavy (non-hydrogen) atoms. The van der Waals surface area contributed by atoms with Gasteiger partial charge in [0.1, 0.15) is 19.3 Å². The number of nitrogens with one attached hydrogen (secondary N) is 6. The summed E-state index contributed by atoms with van der Waals surface area (Å²) in [6.07, 6.45) is 31.0. The molecule has 12 saturated carbocycles. The van der Waals surface area contributed by atoms with Gasteiger partial charge in [-0.15, -0.1) is 0 Å². The SMILES string of the molecule is O=C(CC(=O)NCC12CC3CC(CC(C3)C1)C2)NCCCCc1cc(CCCCNC(=O)CC(=O)NCC23CC4CC(CC(C4)C2)C3)cc(CCCCNC(=O)CC(=O)NCC23CC4CC(CC(C4)C2)C3)c1. The van der Waals surface area contributed by atoms with E-state index in [0.29, 0.717) is 19.6 Å². The number of hydrogen-bond acceptors (Lipinski definition) is 6. The van der Waals surface area contributed by atoms with E-state index in [1.165, 1.54) is 132 Å². The summed E-state index contributed by atoms with van der Waals surface area (Å²) < 4.78 is 0. The molecule has 12 nitrogen and oxygen atoms in total. The van der Waals surface area contributed by atoms with Crippen LogP contribution in [0.15, 0.2) is 18.2 Å². The van der Waals surface area contributed by atoms with Crippen LogP contribution in [0.2, 0.25) is 0 Å². The van der Waals surface area contributed by atoms with Gasteiger partial charge in [-0.3, -0.25) is 28.8 Å². The summed E-state index contributed by atoms with van der Waals surface area (Å²) in [6.45, 7) is 3.79. The standard InChI is InChI=1S/C60H90N6O6/c67-52(25-55(70)64-37-58-28-43-16-44(29-58)18-45(17-43)30-58)61-10-4-1-7-40-13-41(8-2-5-11-62-53(68)26-56(71)65-38-59-31-46-19-47(32-59)21-48(20-46)33-59)15-42(14-40)9-3-6-12-63-54(69)27-57(72)66-39-60-34-49-22-50(35-60)24-51(23-49)36-60/h13-15,43-51H,1-12,16-39H2,(H,61,67)(H,62,68)(H,63,69)(H,64,70)(H,65,71)(H,66,72). The van der Waals surface area contributed by atoms with Crippen molar-refractivity contribution < 1.29 is 28.8 Å². The van der Waals surface area contributed by atoms with Gasteiger partial charge in [0.05, 0.1) is 0 Å². The monoisotopic (exact) mass is 991 g/mol. The van der Waals surface area contributed by atoms with Crippen LogP contribution in [0.5, 0.6) is 0 Å². The van der Waals surface area contributed by atoms with Crippen LogP contribution in [-0.2, 0) is 48.0 Å². The van der Waals surface area contributed by atoms with Crippen molar-refractivity contribution in [3.8, 4) is 0 Å². The zero-order valence-electron chi connectivity index (χ0n) is 43.8. The Balaban J connectivity index is 0.627. The third-order valence-corrected chi connectivity index (χ3v) is 20.2. The van der Waals surface area contributed by atoms with Gasteiger partial charge < -0.3 is 31.9 Å². The van der Waals surface area contributed by atoms with Crippen LogP contribution in [0.25, 0.3) is 0 Å². The lowest BCUT2D eigenvalue weighted by Crippen LogP contribution is -2.51. The molecule has 0 atom stereocenters. The van der Waals surface area contributed by atoms with E-state index < -0.39 is 0 Å². The van der Waals surface area contributed by atoms with E-state index in [1.54, 1.807) is 0 Å². The molecule has 13 rings (SSSR count). The number of carbonyl (C=O) groups is 6. The Morgan fingerprint density at radius 3 is 0.750 bits per heavy atom. The lowest BCUT2D eigenvalue weighted by molar-refractivity contribution is -0.132. The molecule has 0 heterocycles. The Kier molecular flexibility index (Phi) is 16.4. The number of rotatable bonds is 27. The molecule has 1 aromatic rings. The van der Waals surface area contributed by atoms with Gasteiger partial charge >= 0.3 is 0 Å². The first-order valence-corrected chi connectivity index (χ1v) is 29.5. The highest BCUT2D eigenvalue weighted by Crippen LogP contribution is 2.62. The first kappa shape index (κ1) is 51.5. The largest absolute Gasteiger partial charge is 0.356 e. The fourth-order valence-electron chi connectivity index (χ4n) is 18.5. The first-order chi connectivity index (χ1) is 34.8. The summed E-state index contributed by atoms with van der Waals surface area (Å²) in [6, 6.07) is 6.87. The van der Waals surface area contributed by atoms with Crippen molar-refractivity contribution in [1.82, 2.24) is 31.9 Å². The van der Waals surface area contributed by atoms with Crippen LogP contribution in [0, 0.1) is 69.5 Å². The van der Waals surface area contributed by atoms with E-state index in [1.807, 2.05) is 0 Å². The summed E-state index contributed by atoms with van der Waals surface area (Å²) >= 11 is 0. The van der Waals surface area contributed by atoms with Crippen LogP contribution in [0.3, 0.4) is 0 Å². The summed E-state index contributed by atoms with van der Waals surface area (Å²) in [7, 11) is 0. The molecule has 0 radical (unpaired) electrons. The number of hydrogen-bond donors (Lipinski definition) is 6. The minimum Gasteiger partial charge on any atom is -0.356 e. The fourth-order valence-corrected chi connectivity index (χ4v) is 18.5. The maximum atomic E-state index is 12.8. The smallest absolute Gasteiger partial charge is 0.229 e. The first-order valence-electron chi connectivity index (χ1n) is 29.5. The zero-order valence-corrected chi connectivity index (χ0v) is 43.8. The van der Waals surface area contributed by atoms with E-state index in [2.05, 4.69) is 50.1 Å². The van der Waals surface area contributed by atoms with Crippen LogP contribution >= 0.6 is 0 Å². The molecule has 12 heteroatoms. The molecule has 396 valence electrons. The van der Waals surface area contributed by atoms with Crippen LogP contribution in [-0.4, -0.2) is 74.7 Å². The lowest BCUT2D eigenvalue weighted by atomic mass is 9.49. The third kappa shape index (κ3) is 13.7. The highest BCUT2D eigenvalue weighted by Gasteiger charge is 2.53. The van der Waals surface area contributed by atoms with E-state index in [9.17, 15) is 28.8 Å². The molecule has 6 amide bonds. The number of amides is 6. The average Bonchev–Trinajstić information content (AvgIpc) is 3.31. The van der Waals surface area contributed by atoms with Gasteiger partial charge in [-0.2, -0.15) is 0 Å². The molecule has 0 spiro atoms. The van der Waals surface area contributed by atoms with E-state index in [4.69, 9.17) is 0 Å². The second-order valence-corrected chi connectivity index (χ2v) is 26.7. The Morgan fingerprint density at radius 1 is 0.319 bits per heavy atom. The Bertz CT molecular complexity index is 1780. The van der Waals surface area contributed by atoms with E-state index in [-0.39, 0.29) is 71.0 Å². The number of unbranched alkanes of at least 4 members (excludes halogenated alkanes) is 3. The minimum absolute atomic E-state index is 0.112. The molecule has 0 aliphatic heterocycles. The van der Waals surface area contributed by atoms with Gasteiger partial charge in [0.15, 0.2) is 0 Å². The summed E-state index contributed by atoms with van der Waals surface area (Å²) in [5.41, 5.74) is 4.56. The molecular formula is C60H90N6O6. The second kappa shape index (κ2) is 22.9. The van der Waals surface area contributed by atoms with Crippen molar-refractivity contribution in [3.05, 3.63) is 34.9 Å². The van der Waals surface area contributed by atoms with Crippen molar-refractivity contribution in [2.24, 2.45) is 69.5 Å². The van der Waals surface area contributed by atoms with Gasteiger partial charge in [0.25, 0.3) is 0 Å². The van der Waals surface area contributed by atoms with E-state index in [0.717, 1.165) is 131 Å². The van der Waals surface area contributed by atoms with Crippen LogP contribution < -0.4 is 31.9 Å². The molecule has 12 aliphatic carbocycles. The molecule has 12 bridgehead atoms. The fraction of sp³-hybridized carbons (Fsp3) is 0.800. The predicted molar refractivity (Wildman–Crippen MR) is 279 cm³/mol. The normalized spacial score (nSPS) is 33.9. The number of benzene rings is 1. The van der Waals surface area contributed by atoms with Gasteiger partial charge in [-0.25, -0.2) is 0 Å². The maximum Gasteiger partial charge on any atom is 0.229 e. The average molecular weight is 991 g/mol. The Labute approximate surface area is 430 Å². The van der Waals surface area contributed by atoms with Crippen molar-refractivity contribution in [2.75, 3.05) is 39.3 Å². The van der Waals surface area contributed by atoms with Gasteiger partial charge in [0.2, 0.25) is 35.4 Å². The summed E-state index contributed by atoms with van der Waals surface area (Å²) in [5, 5.41) is 18.4. The van der Waals surface area contributed by atoms with Gasteiger partial charge in [-0.05, 0) is 260 Å². The molecule has 12 fully saturated rings. The molecular weight excluding hydrogens is 901 g/mol. The van der Waals surface area contributed by atoms with Crippen molar-refractivity contribution >= 4 is 35.4 Å². The highest BCUT2D eigenvalue weighted by atomic mass is 16.2. The second-order valence-electron chi connectivity index (χ2n) is 26.7.